The maximum Gasteiger partial charge on any atom is 0.315 e. The molecule has 2 rings (SSSR count). The zero-order chi connectivity index (χ0) is 13.1. The Morgan fingerprint density at radius 2 is 2.33 bits per heavy atom. The lowest BCUT2D eigenvalue weighted by Crippen LogP contribution is -1.90. The van der Waals surface area contributed by atoms with Crippen molar-refractivity contribution in [1.82, 2.24) is 10.2 Å². The summed E-state index contributed by atoms with van der Waals surface area (Å²) < 4.78 is 0. The molecule has 18 heavy (non-hydrogen) atoms. The molecule has 7 nitrogen and oxygen atoms in total. The van der Waals surface area contributed by atoms with Crippen LogP contribution in [0.3, 0.4) is 0 Å². The van der Waals surface area contributed by atoms with E-state index in [4.69, 9.17) is 5.11 Å². The first kappa shape index (κ1) is 11.6. The standard InChI is InChI=1S/C11H7N3O4/c15-11(16)3-1-2-9-8-5-4-7(14(17)18)6-10(8)13-12-9/h4-6H,3H2,(H,12,13)(H,15,16). The minimum Gasteiger partial charge on any atom is -0.481 e. The fourth-order valence-corrected chi connectivity index (χ4v) is 1.42. The maximum absolute atomic E-state index is 10.6. The molecule has 0 aliphatic heterocycles. The Labute approximate surface area is 101 Å². The van der Waals surface area contributed by atoms with Gasteiger partial charge in [-0.15, -0.1) is 0 Å². The van der Waals surface area contributed by atoms with Gasteiger partial charge in [-0.05, 0) is 12.0 Å². The van der Waals surface area contributed by atoms with E-state index >= 15 is 0 Å². The van der Waals surface area contributed by atoms with Crippen LogP contribution in [-0.4, -0.2) is 26.2 Å². The average Bonchev–Trinajstić information content (AvgIpc) is 2.71. The van der Waals surface area contributed by atoms with Crippen molar-refractivity contribution in [3.05, 3.63) is 34.0 Å². The van der Waals surface area contributed by atoms with E-state index in [-0.39, 0.29) is 12.1 Å². The SMILES string of the molecule is O=C(O)CC#Cc1[nH]nc2cc([N+](=O)[O-])ccc12. The number of nitro benzene ring substituents is 1. The lowest BCUT2D eigenvalue weighted by atomic mass is 10.2. The number of aromatic nitrogens is 2. The molecular formula is C11H7N3O4. The van der Waals surface area contributed by atoms with E-state index in [1.54, 1.807) is 0 Å². The summed E-state index contributed by atoms with van der Waals surface area (Å²) in [5.41, 5.74) is 0.809. The molecule has 1 heterocycles. The van der Waals surface area contributed by atoms with Gasteiger partial charge in [0.05, 0.1) is 4.92 Å². The first-order valence-corrected chi connectivity index (χ1v) is 4.91. The molecule has 0 spiro atoms. The second-order valence-electron chi connectivity index (χ2n) is 3.43. The molecule has 1 aromatic heterocycles. The lowest BCUT2D eigenvalue weighted by molar-refractivity contribution is -0.384. The highest BCUT2D eigenvalue weighted by Gasteiger charge is 2.09. The number of fused-ring (bicyclic) bond motifs is 1. The Morgan fingerprint density at radius 3 is 3.00 bits per heavy atom. The van der Waals surface area contributed by atoms with Crippen LogP contribution in [-0.2, 0) is 4.79 Å². The van der Waals surface area contributed by atoms with E-state index in [0.29, 0.717) is 16.6 Å². The zero-order valence-corrected chi connectivity index (χ0v) is 9.01. The number of non-ortho nitro benzene ring substituents is 1. The second kappa shape index (κ2) is 4.55. The summed E-state index contributed by atoms with van der Waals surface area (Å²) in [6, 6.07) is 4.20. The molecule has 0 saturated heterocycles. The summed E-state index contributed by atoms with van der Waals surface area (Å²) in [4.78, 5) is 20.4. The summed E-state index contributed by atoms with van der Waals surface area (Å²) in [5.74, 6) is 4.08. The predicted molar refractivity (Wildman–Crippen MR) is 61.9 cm³/mol. The zero-order valence-electron chi connectivity index (χ0n) is 9.01. The highest BCUT2D eigenvalue weighted by atomic mass is 16.6. The first-order valence-electron chi connectivity index (χ1n) is 4.91. The largest absolute Gasteiger partial charge is 0.481 e. The molecule has 7 heteroatoms. The molecule has 0 amide bonds. The van der Waals surface area contributed by atoms with Crippen LogP contribution in [0.15, 0.2) is 18.2 Å². The van der Waals surface area contributed by atoms with Crippen LogP contribution in [0.5, 0.6) is 0 Å². The summed E-state index contributed by atoms with van der Waals surface area (Å²) in [7, 11) is 0. The van der Waals surface area contributed by atoms with Crippen molar-refractivity contribution >= 4 is 22.6 Å². The lowest BCUT2D eigenvalue weighted by Gasteiger charge is -1.90. The van der Waals surface area contributed by atoms with Gasteiger partial charge in [-0.1, -0.05) is 5.92 Å². The van der Waals surface area contributed by atoms with Crippen LogP contribution in [0.25, 0.3) is 10.9 Å². The van der Waals surface area contributed by atoms with Crippen molar-refractivity contribution < 1.29 is 14.8 Å². The third kappa shape index (κ3) is 2.27. The highest BCUT2D eigenvalue weighted by molar-refractivity contribution is 5.86. The van der Waals surface area contributed by atoms with Gasteiger partial charge in [-0.25, -0.2) is 0 Å². The van der Waals surface area contributed by atoms with Gasteiger partial charge in [0, 0.05) is 17.5 Å². The molecule has 1 aromatic carbocycles. The Bertz CT molecular complexity index is 693. The molecule has 2 aromatic rings. The molecular weight excluding hydrogens is 238 g/mol. The Hall–Kier alpha value is -2.88. The number of carboxylic acids is 1. The minimum atomic E-state index is -1.01. The van der Waals surface area contributed by atoms with Crippen LogP contribution in [0.1, 0.15) is 12.1 Å². The molecule has 0 aliphatic carbocycles. The molecule has 0 bridgehead atoms. The fraction of sp³-hybridized carbons (Fsp3) is 0.0909. The van der Waals surface area contributed by atoms with Gasteiger partial charge in [-0.3, -0.25) is 20.0 Å². The Morgan fingerprint density at radius 1 is 1.56 bits per heavy atom. The predicted octanol–water partition coefficient (Wildman–Crippen LogP) is 1.30. The third-order valence-corrected chi connectivity index (χ3v) is 2.20. The third-order valence-electron chi connectivity index (χ3n) is 2.20. The number of aliphatic carboxylic acids is 1. The molecule has 0 radical (unpaired) electrons. The average molecular weight is 245 g/mol. The van der Waals surface area contributed by atoms with Crippen LogP contribution in [0.2, 0.25) is 0 Å². The molecule has 90 valence electrons. The van der Waals surface area contributed by atoms with Gasteiger partial charge in [0.1, 0.15) is 17.6 Å². The van der Waals surface area contributed by atoms with Crippen molar-refractivity contribution in [2.75, 3.05) is 0 Å². The summed E-state index contributed by atoms with van der Waals surface area (Å²) in [5, 5.41) is 26.1. The van der Waals surface area contributed by atoms with Crippen LogP contribution < -0.4 is 0 Å². The number of benzene rings is 1. The molecule has 0 unspecified atom stereocenters. The number of carboxylic acid groups (broad SMARTS) is 1. The number of nitro groups is 1. The van der Waals surface area contributed by atoms with Crippen LogP contribution >= 0.6 is 0 Å². The second-order valence-corrected chi connectivity index (χ2v) is 3.43. The van der Waals surface area contributed by atoms with Gasteiger partial charge in [0.15, 0.2) is 0 Å². The molecule has 0 saturated carbocycles. The first-order chi connectivity index (χ1) is 8.58. The van der Waals surface area contributed by atoms with E-state index in [0.717, 1.165) is 0 Å². The fourth-order valence-electron chi connectivity index (χ4n) is 1.42. The van der Waals surface area contributed by atoms with Crippen molar-refractivity contribution in [3.8, 4) is 11.8 Å². The topological polar surface area (TPSA) is 109 Å². The summed E-state index contributed by atoms with van der Waals surface area (Å²) in [6.45, 7) is 0. The number of aromatic amines is 1. The molecule has 0 atom stereocenters. The summed E-state index contributed by atoms with van der Waals surface area (Å²) in [6.07, 6.45) is -0.270. The Kier molecular flexibility index (Phi) is 2.93. The minimum absolute atomic E-state index is 0.0564. The van der Waals surface area contributed by atoms with E-state index in [2.05, 4.69) is 22.0 Å². The van der Waals surface area contributed by atoms with Crippen LogP contribution in [0.4, 0.5) is 5.69 Å². The smallest absolute Gasteiger partial charge is 0.315 e. The van der Waals surface area contributed by atoms with Crippen molar-refractivity contribution in [3.63, 3.8) is 0 Å². The Balaban J connectivity index is 2.39. The van der Waals surface area contributed by atoms with Crippen molar-refractivity contribution in [1.29, 1.82) is 0 Å². The number of rotatable bonds is 2. The van der Waals surface area contributed by atoms with Gasteiger partial charge < -0.3 is 5.11 Å². The van der Waals surface area contributed by atoms with Gasteiger partial charge in [-0.2, -0.15) is 5.10 Å². The highest BCUT2D eigenvalue weighted by Crippen LogP contribution is 2.20. The van der Waals surface area contributed by atoms with Gasteiger partial charge in [0.2, 0.25) is 0 Å². The molecule has 0 aliphatic rings. The quantitative estimate of drug-likeness (QED) is 0.470. The van der Waals surface area contributed by atoms with Crippen molar-refractivity contribution in [2.24, 2.45) is 0 Å². The number of hydrogen-bond acceptors (Lipinski definition) is 4. The normalized spacial score (nSPS) is 9.78. The van der Waals surface area contributed by atoms with E-state index < -0.39 is 10.9 Å². The van der Waals surface area contributed by atoms with Crippen LogP contribution in [0, 0.1) is 22.0 Å². The van der Waals surface area contributed by atoms with Gasteiger partial charge >= 0.3 is 5.97 Å². The molecule has 0 fully saturated rings. The number of carbonyl (C=O) groups is 1. The monoisotopic (exact) mass is 245 g/mol. The maximum atomic E-state index is 10.6. The van der Waals surface area contributed by atoms with E-state index in [1.807, 2.05) is 0 Å². The number of H-pyrrole nitrogens is 1. The van der Waals surface area contributed by atoms with E-state index in [1.165, 1.54) is 18.2 Å². The number of nitrogens with one attached hydrogen (secondary N) is 1. The number of hydrogen-bond donors (Lipinski definition) is 2. The van der Waals surface area contributed by atoms with Crippen molar-refractivity contribution in [2.45, 2.75) is 6.42 Å². The van der Waals surface area contributed by atoms with Gasteiger partial charge in [0.25, 0.3) is 5.69 Å². The van der Waals surface area contributed by atoms with E-state index in [9.17, 15) is 14.9 Å². The molecule has 2 N–H and O–H groups in total. The summed E-state index contributed by atoms with van der Waals surface area (Å²) >= 11 is 0. The number of nitrogens with zero attached hydrogens (tertiary/aromatic N) is 2.